The van der Waals surface area contributed by atoms with Crippen molar-refractivity contribution in [3.63, 3.8) is 0 Å². The lowest BCUT2D eigenvalue weighted by Gasteiger charge is -2.22. The van der Waals surface area contributed by atoms with Crippen LogP contribution >= 0.6 is 0 Å². The summed E-state index contributed by atoms with van der Waals surface area (Å²) in [5.41, 5.74) is -0.543. The number of carbonyl (C=O) groups is 2. The molecule has 2 aromatic carbocycles. The maximum Gasteiger partial charge on any atom is 0.418 e. The quantitative estimate of drug-likeness (QED) is 0.619. The lowest BCUT2D eigenvalue weighted by molar-refractivity contribution is -0.137. The van der Waals surface area contributed by atoms with E-state index in [0.29, 0.717) is 31.6 Å². The van der Waals surface area contributed by atoms with E-state index in [1.165, 1.54) is 29.2 Å². The summed E-state index contributed by atoms with van der Waals surface area (Å²) < 4.78 is 64.1. The molecule has 35 heavy (non-hydrogen) atoms. The van der Waals surface area contributed by atoms with Crippen molar-refractivity contribution in [2.45, 2.75) is 12.6 Å². The van der Waals surface area contributed by atoms with E-state index in [1.54, 1.807) is 29.2 Å². The number of benzene rings is 2. The van der Waals surface area contributed by atoms with Gasteiger partial charge in [-0.3, -0.25) is 14.5 Å². The molecule has 0 atom stereocenters. The first-order valence-corrected chi connectivity index (χ1v) is 12.7. The second-order valence-corrected chi connectivity index (χ2v) is 10.0. The minimum Gasteiger partial charge on any atom is -0.340 e. The highest BCUT2D eigenvalue weighted by Gasteiger charge is 2.33. The van der Waals surface area contributed by atoms with E-state index in [4.69, 9.17) is 0 Å². The fourth-order valence-corrected chi connectivity index (χ4v) is 4.66. The lowest BCUT2D eigenvalue weighted by Crippen LogP contribution is -2.39. The fourth-order valence-electron chi connectivity index (χ4n) is 3.67. The summed E-state index contributed by atoms with van der Waals surface area (Å²) in [6, 6.07) is 13.6. The van der Waals surface area contributed by atoms with Gasteiger partial charge in [0.2, 0.25) is 11.8 Å². The summed E-state index contributed by atoms with van der Waals surface area (Å²) in [7, 11) is -3.76. The molecule has 0 unspecified atom stereocenters. The van der Waals surface area contributed by atoms with Crippen LogP contribution in [0.5, 0.6) is 0 Å². The molecule has 2 amide bonds. The molecule has 0 spiro atoms. The maximum atomic E-state index is 13.1. The van der Waals surface area contributed by atoms with Gasteiger partial charge in [0.05, 0.1) is 17.8 Å². The number of hydrogen-bond acceptors (Lipinski definition) is 5. The molecule has 1 fully saturated rings. The van der Waals surface area contributed by atoms with Crippen molar-refractivity contribution in [3.8, 4) is 0 Å². The Morgan fingerprint density at radius 2 is 1.63 bits per heavy atom. The molecule has 0 bridgehead atoms. The van der Waals surface area contributed by atoms with Crippen LogP contribution in [0.1, 0.15) is 17.5 Å². The molecule has 0 saturated carbocycles. The Labute approximate surface area is 202 Å². The van der Waals surface area contributed by atoms with Gasteiger partial charge in [-0.15, -0.1) is 0 Å². The second-order valence-electron chi connectivity index (χ2n) is 8.12. The van der Waals surface area contributed by atoms with Crippen LogP contribution in [0.2, 0.25) is 0 Å². The number of carbonyl (C=O) groups excluding carboxylic acids is 2. The molecular formula is C24H26F3N3O4S. The molecule has 0 aliphatic carbocycles. The Hall–Kier alpha value is -3.18. The van der Waals surface area contributed by atoms with Crippen LogP contribution in [0.15, 0.2) is 60.0 Å². The Bertz CT molecular complexity index is 1170. The maximum absolute atomic E-state index is 13.1. The van der Waals surface area contributed by atoms with Crippen LogP contribution in [0.25, 0.3) is 6.08 Å². The van der Waals surface area contributed by atoms with Gasteiger partial charge in [-0.2, -0.15) is 13.2 Å². The number of alkyl halides is 3. The van der Waals surface area contributed by atoms with Crippen LogP contribution in [-0.4, -0.2) is 68.5 Å². The first-order valence-electron chi connectivity index (χ1n) is 11.0. The highest BCUT2D eigenvalue weighted by Crippen LogP contribution is 2.34. The SMILES string of the molecule is O=C(CN1CCCN(C(=O)CS(=O)(=O)/C=C/c2ccccc2)CC1)Nc1ccccc1C(F)(F)F. The Balaban J connectivity index is 1.52. The number of nitrogens with zero attached hydrogens (tertiary/aromatic N) is 2. The third-order valence-electron chi connectivity index (χ3n) is 5.41. The highest BCUT2D eigenvalue weighted by atomic mass is 32.2. The smallest absolute Gasteiger partial charge is 0.340 e. The van der Waals surface area contributed by atoms with Crippen LogP contribution < -0.4 is 5.32 Å². The van der Waals surface area contributed by atoms with Gasteiger partial charge in [-0.05, 0) is 30.2 Å². The van der Waals surface area contributed by atoms with Gasteiger partial charge in [-0.25, -0.2) is 8.42 Å². The Kier molecular flexibility index (Phi) is 8.68. The van der Waals surface area contributed by atoms with E-state index in [9.17, 15) is 31.2 Å². The van der Waals surface area contributed by atoms with Gasteiger partial charge in [0.1, 0.15) is 5.75 Å². The summed E-state index contributed by atoms with van der Waals surface area (Å²) in [6.45, 7) is 1.13. The number of para-hydroxylation sites is 1. The van der Waals surface area contributed by atoms with E-state index in [2.05, 4.69) is 5.32 Å². The summed E-state index contributed by atoms with van der Waals surface area (Å²) in [6.07, 6.45) is -2.66. The minimum absolute atomic E-state index is 0.146. The number of hydrogen-bond donors (Lipinski definition) is 1. The Morgan fingerprint density at radius 3 is 2.34 bits per heavy atom. The first-order chi connectivity index (χ1) is 16.5. The number of rotatable bonds is 7. The summed E-state index contributed by atoms with van der Waals surface area (Å²) in [4.78, 5) is 28.1. The number of sulfone groups is 1. The zero-order chi connectivity index (χ0) is 25.5. The number of amides is 2. The van der Waals surface area contributed by atoms with Gasteiger partial charge in [0.15, 0.2) is 9.84 Å². The molecule has 7 nitrogen and oxygen atoms in total. The predicted molar refractivity (Wildman–Crippen MR) is 127 cm³/mol. The number of nitrogens with one attached hydrogen (secondary N) is 1. The van der Waals surface area contributed by atoms with Crippen LogP contribution in [0.3, 0.4) is 0 Å². The molecule has 3 rings (SSSR count). The highest BCUT2D eigenvalue weighted by molar-refractivity contribution is 7.95. The van der Waals surface area contributed by atoms with Crippen molar-refractivity contribution in [3.05, 3.63) is 71.1 Å². The average molecular weight is 510 g/mol. The first kappa shape index (κ1) is 26.4. The third-order valence-corrected chi connectivity index (χ3v) is 6.61. The molecule has 0 aromatic heterocycles. The van der Waals surface area contributed by atoms with Gasteiger partial charge in [0, 0.05) is 31.6 Å². The summed E-state index contributed by atoms with van der Waals surface area (Å²) in [5, 5.41) is 3.33. The third kappa shape index (κ3) is 8.22. The molecule has 2 aromatic rings. The second kappa shape index (κ2) is 11.5. The van der Waals surface area contributed by atoms with Crippen LogP contribution in [0.4, 0.5) is 18.9 Å². The van der Waals surface area contributed by atoms with Crippen molar-refractivity contribution in [2.24, 2.45) is 0 Å². The van der Waals surface area contributed by atoms with E-state index < -0.39 is 39.1 Å². The largest absolute Gasteiger partial charge is 0.418 e. The van der Waals surface area contributed by atoms with Crippen molar-refractivity contribution < 1.29 is 31.2 Å². The molecule has 1 aliphatic rings. The standard InChI is InChI=1S/C24H26F3N3O4S/c25-24(26,27)20-9-4-5-10-21(20)28-22(31)17-29-12-6-13-30(15-14-29)23(32)18-35(33,34)16-11-19-7-2-1-3-8-19/h1-5,7-11,16H,6,12-15,17-18H2,(H,28,31)/b16-11+. The molecule has 1 aliphatic heterocycles. The van der Waals surface area contributed by atoms with Crippen LogP contribution in [-0.2, 0) is 25.6 Å². The van der Waals surface area contributed by atoms with Gasteiger partial charge < -0.3 is 10.2 Å². The molecule has 0 radical (unpaired) electrons. The summed E-state index contributed by atoms with van der Waals surface area (Å²) in [5.74, 6) is -1.80. The molecule has 1 heterocycles. The van der Waals surface area contributed by atoms with Crippen molar-refractivity contribution >= 4 is 33.4 Å². The fraction of sp³-hybridized carbons (Fsp3) is 0.333. The van der Waals surface area contributed by atoms with Gasteiger partial charge >= 0.3 is 6.18 Å². The van der Waals surface area contributed by atoms with Crippen molar-refractivity contribution in [1.82, 2.24) is 9.80 Å². The Morgan fingerprint density at radius 1 is 0.943 bits per heavy atom. The predicted octanol–water partition coefficient (Wildman–Crippen LogP) is 3.26. The zero-order valence-corrected chi connectivity index (χ0v) is 19.7. The molecule has 1 saturated heterocycles. The van der Waals surface area contributed by atoms with Crippen molar-refractivity contribution in [2.75, 3.05) is 43.8 Å². The number of anilines is 1. The van der Waals surface area contributed by atoms with E-state index >= 15 is 0 Å². The molecular weight excluding hydrogens is 483 g/mol. The van der Waals surface area contributed by atoms with E-state index in [-0.39, 0.29) is 18.8 Å². The van der Waals surface area contributed by atoms with Crippen LogP contribution in [0, 0.1) is 0 Å². The molecule has 188 valence electrons. The summed E-state index contributed by atoms with van der Waals surface area (Å²) >= 11 is 0. The normalized spacial score (nSPS) is 15.7. The topological polar surface area (TPSA) is 86.8 Å². The monoisotopic (exact) mass is 509 g/mol. The lowest BCUT2D eigenvalue weighted by atomic mass is 10.1. The van der Waals surface area contributed by atoms with Gasteiger partial charge in [-0.1, -0.05) is 42.5 Å². The number of halogens is 3. The minimum atomic E-state index is -4.59. The average Bonchev–Trinajstić information content (AvgIpc) is 3.03. The van der Waals surface area contributed by atoms with E-state index in [0.717, 1.165) is 11.5 Å². The molecule has 1 N–H and O–H groups in total. The van der Waals surface area contributed by atoms with E-state index in [1.807, 2.05) is 6.07 Å². The zero-order valence-electron chi connectivity index (χ0n) is 18.9. The van der Waals surface area contributed by atoms with Crippen molar-refractivity contribution in [1.29, 1.82) is 0 Å². The van der Waals surface area contributed by atoms with Gasteiger partial charge in [0.25, 0.3) is 0 Å². The molecule has 11 heteroatoms.